The maximum atomic E-state index is 12.5. The molecule has 132 valence electrons. The van der Waals surface area contributed by atoms with Crippen molar-refractivity contribution in [2.75, 3.05) is 26.2 Å². The SMILES string of the molecule is Cc1cc(C(=O)N2CC[C@](O)(CN3CCc4ccccc4C3)C2)no1. The molecule has 1 saturated heterocycles. The van der Waals surface area contributed by atoms with Crippen molar-refractivity contribution in [3.8, 4) is 0 Å². The number of β-amino-alcohol motifs (C(OH)–C–C–N with tert-alkyl or cyclic N) is 1. The summed E-state index contributed by atoms with van der Waals surface area (Å²) in [6, 6.07) is 10.1. The van der Waals surface area contributed by atoms with Crippen LogP contribution in [0.4, 0.5) is 0 Å². The number of amides is 1. The van der Waals surface area contributed by atoms with E-state index in [9.17, 15) is 9.90 Å². The van der Waals surface area contributed by atoms with Crippen molar-refractivity contribution in [3.05, 3.63) is 52.9 Å². The molecule has 4 rings (SSSR count). The number of hydrogen-bond donors (Lipinski definition) is 1. The van der Waals surface area contributed by atoms with E-state index < -0.39 is 5.60 Å². The molecule has 1 amide bonds. The maximum Gasteiger partial charge on any atom is 0.276 e. The fourth-order valence-corrected chi connectivity index (χ4v) is 3.89. The van der Waals surface area contributed by atoms with E-state index in [0.717, 1.165) is 19.5 Å². The second-order valence-electron chi connectivity index (χ2n) is 7.25. The lowest BCUT2D eigenvalue weighted by atomic mass is 9.97. The largest absolute Gasteiger partial charge is 0.387 e. The minimum atomic E-state index is -0.860. The van der Waals surface area contributed by atoms with Crippen LogP contribution in [-0.4, -0.2) is 57.8 Å². The molecule has 1 N–H and O–H groups in total. The standard InChI is InChI=1S/C19H23N3O3/c1-14-10-17(20-25-14)18(23)22-9-7-19(24,13-22)12-21-8-6-15-4-2-3-5-16(15)11-21/h2-5,10,24H,6-9,11-13H2,1H3/t19-/m0/s1. The van der Waals surface area contributed by atoms with E-state index >= 15 is 0 Å². The van der Waals surface area contributed by atoms with Crippen molar-refractivity contribution < 1.29 is 14.4 Å². The summed E-state index contributed by atoms with van der Waals surface area (Å²) in [6.07, 6.45) is 1.60. The molecule has 2 aliphatic heterocycles. The molecule has 1 aromatic carbocycles. The van der Waals surface area contributed by atoms with Gasteiger partial charge in [0.25, 0.3) is 5.91 Å². The monoisotopic (exact) mass is 341 g/mol. The molecule has 0 unspecified atom stereocenters. The van der Waals surface area contributed by atoms with E-state index in [4.69, 9.17) is 4.52 Å². The predicted octanol–water partition coefficient (Wildman–Crippen LogP) is 1.62. The summed E-state index contributed by atoms with van der Waals surface area (Å²) in [5.74, 6) is 0.446. The smallest absolute Gasteiger partial charge is 0.276 e. The summed E-state index contributed by atoms with van der Waals surface area (Å²) >= 11 is 0. The lowest BCUT2D eigenvalue weighted by molar-refractivity contribution is 0.00795. The first-order chi connectivity index (χ1) is 12.0. The van der Waals surface area contributed by atoms with Crippen molar-refractivity contribution in [3.63, 3.8) is 0 Å². The number of hydrogen-bond acceptors (Lipinski definition) is 5. The van der Waals surface area contributed by atoms with Gasteiger partial charge in [0.15, 0.2) is 5.69 Å². The van der Waals surface area contributed by atoms with Gasteiger partial charge in [0.2, 0.25) is 0 Å². The molecule has 0 aliphatic carbocycles. The van der Waals surface area contributed by atoms with Gasteiger partial charge < -0.3 is 14.5 Å². The second-order valence-corrected chi connectivity index (χ2v) is 7.25. The highest BCUT2D eigenvalue weighted by Crippen LogP contribution is 2.27. The Hall–Kier alpha value is -2.18. The Balaban J connectivity index is 1.39. The zero-order valence-electron chi connectivity index (χ0n) is 14.4. The Kier molecular flexibility index (Phi) is 4.09. The van der Waals surface area contributed by atoms with Crippen LogP contribution in [0.2, 0.25) is 0 Å². The average molecular weight is 341 g/mol. The quantitative estimate of drug-likeness (QED) is 0.919. The summed E-state index contributed by atoms with van der Waals surface area (Å²) in [7, 11) is 0. The van der Waals surface area contributed by atoms with Crippen molar-refractivity contribution >= 4 is 5.91 Å². The fourth-order valence-electron chi connectivity index (χ4n) is 3.89. The maximum absolute atomic E-state index is 12.5. The van der Waals surface area contributed by atoms with Gasteiger partial charge >= 0.3 is 0 Å². The van der Waals surface area contributed by atoms with Crippen LogP contribution in [0.15, 0.2) is 34.9 Å². The van der Waals surface area contributed by atoms with E-state index in [1.165, 1.54) is 11.1 Å². The highest BCUT2D eigenvalue weighted by molar-refractivity contribution is 5.92. The molecule has 3 heterocycles. The van der Waals surface area contributed by atoms with Gasteiger partial charge in [-0.25, -0.2) is 0 Å². The number of aromatic nitrogens is 1. The number of aliphatic hydroxyl groups is 1. The lowest BCUT2D eigenvalue weighted by Gasteiger charge is -2.34. The number of aryl methyl sites for hydroxylation is 1. The van der Waals surface area contributed by atoms with Crippen LogP contribution in [0.5, 0.6) is 0 Å². The topological polar surface area (TPSA) is 69.8 Å². The summed E-state index contributed by atoms with van der Waals surface area (Å²) in [5, 5.41) is 14.8. The lowest BCUT2D eigenvalue weighted by Crippen LogP contribution is -2.47. The highest BCUT2D eigenvalue weighted by atomic mass is 16.5. The summed E-state index contributed by atoms with van der Waals surface area (Å²) in [6.45, 7) is 5.04. The van der Waals surface area contributed by atoms with Crippen LogP contribution in [-0.2, 0) is 13.0 Å². The van der Waals surface area contributed by atoms with E-state index in [1.54, 1.807) is 17.9 Å². The molecule has 0 radical (unpaired) electrons. The molecule has 2 aromatic rings. The first-order valence-corrected chi connectivity index (χ1v) is 8.77. The Morgan fingerprint density at radius 2 is 2.12 bits per heavy atom. The number of carbonyl (C=O) groups is 1. The van der Waals surface area contributed by atoms with Crippen LogP contribution in [0.25, 0.3) is 0 Å². The molecule has 2 aliphatic rings. The van der Waals surface area contributed by atoms with Gasteiger partial charge in [0.05, 0.1) is 12.1 Å². The van der Waals surface area contributed by atoms with E-state index in [-0.39, 0.29) is 5.91 Å². The van der Waals surface area contributed by atoms with Gasteiger partial charge in [-0.2, -0.15) is 0 Å². The third-order valence-electron chi connectivity index (χ3n) is 5.19. The van der Waals surface area contributed by atoms with Crippen molar-refractivity contribution in [1.29, 1.82) is 0 Å². The molecule has 1 fully saturated rings. The van der Waals surface area contributed by atoms with Crippen LogP contribution >= 0.6 is 0 Å². The molecule has 6 nitrogen and oxygen atoms in total. The van der Waals surface area contributed by atoms with E-state index in [1.807, 2.05) is 0 Å². The van der Waals surface area contributed by atoms with Crippen LogP contribution in [0.1, 0.15) is 33.8 Å². The summed E-state index contributed by atoms with van der Waals surface area (Å²) in [5.41, 5.74) is 2.19. The number of benzene rings is 1. The normalized spacial score (nSPS) is 23.7. The molecule has 1 atom stereocenters. The summed E-state index contributed by atoms with van der Waals surface area (Å²) < 4.78 is 4.98. The number of rotatable bonds is 3. The van der Waals surface area contributed by atoms with Crippen molar-refractivity contribution in [2.45, 2.75) is 31.9 Å². The fraction of sp³-hybridized carbons (Fsp3) is 0.474. The minimum absolute atomic E-state index is 0.170. The van der Waals surface area contributed by atoms with Gasteiger partial charge in [-0.3, -0.25) is 9.69 Å². The molecule has 0 bridgehead atoms. The average Bonchev–Trinajstić information content (AvgIpc) is 3.20. The van der Waals surface area contributed by atoms with Gasteiger partial charge in [0, 0.05) is 32.2 Å². The van der Waals surface area contributed by atoms with Crippen LogP contribution in [0.3, 0.4) is 0 Å². The third-order valence-corrected chi connectivity index (χ3v) is 5.19. The third kappa shape index (κ3) is 3.32. The molecular formula is C19H23N3O3. The first kappa shape index (κ1) is 16.3. The zero-order chi connectivity index (χ0) is 17.4. The van der Waals surface area contributed by atoms with Crippen molar-refractivity contribution in [2.24, 2.45) is 0 Å². The van der Waals surface area contributed by atoms with Crippen molar-refractivity contribution in [1.82, 2.24) is 15.0 Å². The molecule has 0 spiro atoms. The second kappa shape index (κ2) is 6.28. The predicted molar refractivity (Wildman–Crippen MR) is 92.1 cm³/mol. The van der Waals surface area contributed by atoms with Gasteiger partial charge in [-0.05, 0) is 30.9 Å². The van der Waals surface area contributed by atoms with Gasteiger partial charge in [-0.15, -0.1) is 0 Å². The Labute approximate surface area is 147 Å². The van der Waals surface area contributed by atoms with Crippen LogP contribution in [0, 0.1) is 6.92 Å². The van der Waals surface area contributed by atoms with E-state index in [2.05, 4.69) is 34.3 Å². The first-order valence-electron chi connectivity index (χ1n) is 8.77. The van der Waals surface area contributed by atoms with Crippen LogP contribution < -0.4 is 0 Å². The molecular weight excluding hydrogens is 318 g/mol. The van der Waals surface area contributed by atoms with Gasteiger partial charge in [-0.1, -0.05) is 29.4 Å². The minimum Gasteiger partial charge on any atom is -0.387 e. The Morgan fingerprint density at radius 1 is 1.32 bits per heavy atom. The molecule has 25 heavy (non-hydrogen) atoms. The Bertz CT molecular complexity index is 788. The van der Waals surface area contributed by atoms with Gasteiger partial charge in [0.1, 0.15) is 5.76 Å². The number of likely N-dealkylation sites (tertiary alicyclic amines) is 1. The number of nitrogens with zero attached hydrogens (tertiary/aromatic N) is 3. The molecule has 1 aromatic heterocycles. The summed E-state index contributed by atoms with van der Waals surface area (Å²) in [4.78, 5) is 16.4. The van der Waals surface area contributed by atoms with E-state index in [0.29, 0.717) is 37.5 Å². The highest BCUT2D eigenvalue weighted by Gasteiger charge is 2.40. The molecule has 0 saturated carbocycles. The zero-order valence-corrected chi connectivity index (χ0v) is 14.4. The number of carbonyl (C=O) groups excluding carboxylic acids is 1. The number of fused-ring (bicyclic) bond motifs is 1. The Morgan fingerprint density at radius 3 is 2.88 bits per heavy atom. The molecule has 6 heteroatoms.